The van der Waals surface area contributed by atoms with Gasteiger partial charge in [0.15, 0.2) is 0 Å². The molecule has 3 heteroatoms. The van der Waals surface area contributed by atoms with Crippen molar-refractivity contribution in [3.8, 4) is 39.1 Å². The summed E-state index contributed by atoms with van der Waals surface area (Å²) in [6, 6.07) is 78.1. The fourth-order valence-corrected chi connectivity index (χ4v) is 8.59. The average Bonchev–Trinajstić information content (AvgIpc) is 3.84. The molecule has 3 nitrogen and oxygen atoms in total. The zero-order valence-electron chi connectivity index (χ0n) is 31.1. The minimum Gasteiger partial charge on any atom is -0.456 e. The second-order valence-corrected chi connectivity index (χ2v) is 14.5. The smallest absolute Gasteiger partial charge is 0.136 e. The van der Waals surface area contributed by atoms with Gasteiger partial charge in [0.25, 0.3) is 0 Å². The van der Waals surface area contributed by atoms with Crippen LogP contribution in [0.1, 0.15) is 0 Å². The maximum Gasteiger partial charge on any atom is 0.136 e. The second kappa shape index (κ2) is 13.6. The Hall–Kier alpha value is -7.62. The molecular weight excluding hydrogens is 693 g/mol. The van der Waals surface area contributed by atoms with Crippen molar-refractivity contribution < 1.29 is 4.42 Å². The molecule has 0 atom stereocenters. The Morgan fingerprint density at radius 3 is 1.60 bits per heavy atom. The van der Waals surface area contributed by atoms with Crippen molar-refractivity contribution in [3.63, 3.8) is 0 Å². The molecule has 0 N–H and O–H groups in total. The zero-order valence-corrected chi connectivity index (χ0v) is 31.1. The van der Waals surface area contributed by atoms with Crippen molar-refractivity contribution in [2.75, 3.05) is 4.90 Å². The van der Waals surface area contributed by atoms with E-state index in [0.717, 1.165) is 61.4 Å². The third kappa shape index (κ3) is 5.60. The van der Waals surface area contributed by atoms with Gasteiger partial charge in [0.2, 0.25) is 0 Å². The molecule has 2 heterocycles. The molecule has 0 unspecified atom stereocenters. The summed E-state index contributed by atoms with van der Waals surface area (Å²) >= 11 is 0. The van der Waals surface area contributed by atoms with Crippen LogP contribution in [0.15, 0.2) is 223 Å². The van der Waals surface area contributed by atoms with Crippen molar-refractivity contribution in [1.29, 1.82) is 0 Å². The van der Waals surface area contributed by atoms with Gasteiger partial charge in [-0.2, -0.15) is 0 Å². The zero-order chi connectivity index (χ0) is 37.7. The summed E-state index contributed by atoms with van der Waals surface area (Å²) in [4.78, 5) is 2.36. The van der Waals surface area contributed by atoms with Gasteiger partial charge in [0.05, 0.1) is 16.7 Å². The highest BCUT2D eigenvalue weighted by atomic mass is 16.3. The molecule has 57 heavy (non-hydrogen) atoms. The summed E-state index contributed by atoms with van der Waals surface area (Å²) in [6.45, 7) is 0. The van der Waals surface area contributed by atoms with E-state index in [9.17, 15) is 0 Å². The molecule has 0 bridgehead atoms. The lowest BCUT2D eigenvalue weighted by Crippen LogP contribution is -2.10. The van der Waals surface area contributed by atoms with Crippen molar-refractivity contribution in [2.45, 2.75) is 0 Å². The van der Waals surface area contributed by atoms with E-state index >= 15 is 0 Å². The molecule has 268 valence electrons. The van der Waals surface area contributed by atoms with Crippen LogP contribution in [0.25, 0.3) is 82.8 Å². The first-order chi connectivity index (χ1) is 28.3. The first kappa shape index (κ1) is 32.8. The van der Waals surface area contributed by atoms with Crippen LogP contribution in [0.5, 0.6) is 0 Å². The summed E-state index contributed by atoms with van der Waals surface area (Å²) in [5.74, 6) is 0. The van der Waals surface area contributed by atoms with E-state index in [1.54, 1.807) is 0 Å². The Morgan fingerprint density at radius 1 is 0.333 bits per heavy atom. The maximum atomic E-state index is 6.29. The van der Waals surface area contributed by atoms with Crippen LogP contribution in [0.2, 0.25) is 0 Å². The highest BCUT2D eigenvalue weighted by molar-refractivity contribution is 6.13. The molecule has 0 saturated heterocycles. The molecule has 0 aliphatic carbocycles. The Labute approximate surface area is 330 Å². The van der Waals surface area contributed by atoms with Crippen molar-refractivity contribution in [3.05, 3.63) is 218 Å². The number of hydrogen-bond donors (Lipinski definition) is 0. The van der Waals surface area contributed by atoms with E-state index < -0.39 is 0 Å². The Kier molecular flexibility index (Phi) is 7.82. The topological polar surface area (TPSA) is 21.3 Å². The lowest BCUT2D eigenvalue weighted by Gasteiger charge is -2.26. The van der Waals surface area contributed by atoms with E-state index in [1.807, 2.05) is 12.1 Å². The summed E-state index contributed by atoms with van der Waals surface area (Å²) in [5, 5.41) is 4.77. The van der Waals surface area contributed by atoms with E-state index in [-0.39, 0.29) is 0 Å². The van der Waals surface area contributed by atoms with E-state index in [4.69, 9.17) is 4.42 Å². The van der Waals surface area contributed by atoms with Gasteiger partial charge in [-0.25, -0.2) is 0 Å². The molecule has 9 aromatic carbocycles. The molecule has 0 spiro atoms. The number of furan rings is 1. The third-order valence-corrected chi connectivity index (χ3v) is 11.2. The highest BCUT2D eigenvalue weighted by Gasteiger charge is 2.19. The molecule has 0 aliphatic rings. The number of hydrogen-bond acceptors (Lipinski definition) is 2. The van der Waals surface area contributed by atoms with Gasteiger partial charge in [-0.3, -0.25) is 0 Å². The number of nitrogens with zero attached hydrogens (tertiary/aromatic N) is 2. The standard InChI is InChI=1S/C54H36N2O/c1-2-14-37(15-3-1)38-28-32-41(33-29-38)55(43-17-12-16-40(36-43)45-22-13-27-53-54(45)48-21-7-11-26-52(48)57-53)42-34-30-39(31-35-42)44-18-4-8-23-49(44)56-50-24-9-5-19-46(50)47-20-6-10-25-51(47)56/h1-36H. The molecular formula is C54H36N2O. The Bertz CT molecular complexity index is 3170. The second-order valence-electron chi connectivity index (χ2n) is 14.5. The molecule has 0 radical (unpaired) electrons. The van der Waals surface area contributed by atoms with Gasteiger partial charge in [-0.15, -0.1) is 0 Å². The first-order valence-electron chi connectivity index (χ1n) is 19.4. The molecule has 0 aliphatic heterocycles. The number of anilines is 3. The fraction of sp³-hybridized carbons (Fsp3) is 0. The predicted octanol–water partition coefficient (Wildman–Crippen LogP) is 15.2. The van der Waals surface area contributed by atoms with Gasteiger partial charge < -0.3 is 13.9 Å². The lowest BCUT2D eigenvalue weighted by molar-refractivity contribution is 0.669. The van der Waals surface area contributed by atoms with Crippen LogP contribution in [0.4, 0.5) is 17.1 Å². The number of aromatic nitrogens is 1. The quantitative estimate of drug-likeness (QED) is 0.163. The first-order valence-corrected chi connectivity index (χ1v) is 19.4. The van der Waals surface area contributed by atoms with Gasteiger partial charge in [0.1, 0.15) is 11.2 Å². The SMILES string of the molecule is c1ccc(-c2ccc(N(c3ccc(-c4ccccc4-n4c5ccccc5c5ccccc54)cc3)c3cccc(-c4cccc5oc6ccccc6c45)c3)cc2)cc1. The molecule has 0 saturated carbocycles. The lowest BCUT2D eigenvalue weighted by atomic mass is 9.98. The minimum absolute atomic E-state index is 0.893. The van der Waals surface area contributed by atoms with Gasteiger partial charge in [-0.05, 0) is 94.5 Å². The van der Waals surface area contributed by atoms with Crippen LogP contribution in [0, 0.1) is 0 Å². The van der Waals surface area contributed by atoms with Crippen molar-refractivity contribution in [1.82, 2.24) is 4.57 Å². The molecule has 0 amide bonds. The van der Waals surface area contributed by atoms with E-state index in [0.29, 0.717) is 0 Å². The molecule has 11 rings (SSSR count). The largest absolute Gasteiger partial charge is 0.456 e. The van der Waals surface area contributed by atoms with Crippen LogP contribution in [0.3, 0.4) is 0 Å². The maximum absolute atomic E-state index is 6.29. The molecule has 2 aromatic heterocycles. The van der Waals surface area contributed by atoms with Crippen LogP contribution in [-0.4, -0.2) is 4.57 Å². The molecule has 11 aromatic rings. The normalized spacial score (nSPS) is 11.5. The monoisotopic (exact) mass is 728 g/mol. The van der Waals surface area contributed by atoms with Crippen LogP contribution < -0.4 is 4.90 Å². The highest BCUT2D eigenvalue weighted by Crippen LogP contribution is 2.42. The van der Waals surface area contributed by atoms with Crippen molar-refractivity contribution in [2.24, 2.45) is 0 Å². The summed E-state index contributed by atoms with van der Waals surface area (Å²) < 4.78 is 8.69. The van der Waals surface area contributed by atoms with Gasteiger partial charge in [0, 0.05) is 44.2 Å². The third-order valence-electron chi connectivity index (χ3n) is 11.2. The Morgan fingerprint density at radius 2 is 0.860 bits per heavy atom. The van der Waals surface area contributed by atoms with E-state index in [1.165, 1.54) is 38.5 Å². The van der Waals surface area contributed by atoms with E-state index in [2.05, 4.69) is 216 Å². The number of benzene rings is 9. The summed E-state index contributed by atoms with van der Waals surface area (Å²) in [7, 11) is 0. The van der Waals surface area contributed by atoms with Gasteiger partial charge >= 0.3 is 0 Å². The predicted molar refractivity (Wildman–Crippen MR) is 239 cm³/mol. The van der Waals surface area contributed by atoms with Crippen molar-refractivity contribution >= 4 is 60.8 Å². The fourth-order valence-electron chi connectivity index (χ4n) is 8.59. The molecule has 0 fully saturated rings. The minimum atomic E-state index is 0.893. The van der Waals surface area contributed by atoms with Crippen LogP contribution >= 0.6 is 0 Å². The summed E-state index contributed by atoms with van der Waals surface area (Å²) in [5.41, 5.74) is 15.6. The Balaban J connectivity index is 1.04. The average molecular weight is 729 g/mol. The van der Waals surface area contributed by atoms with Gasteiger partial charge in [-0.1, -0.05) is 152 Å². The number of rotatable bonds is 7. The number of fused-ring (bicyclic) bond motifs is 6. The number of para-hydroxylation sites is 4. The van der Waals surface area contributed by atoms with Crippen LogP contribution in [-0.2, 0) is 0 Å². The summed E-state index contributed by atoms with van der Waals surface area (Å²) in [6.07, 6.45) is 0.